The number of amides is 2. The van der Waals surface area contributed by atoms with Crippen LogP contribution in [0.3, 0.4) is 0 Å². The van der Waals surface area contributed by atoms with Crippen LogP contribution in [-0.2, 0) is 27.3 Å². The molecule has 29 heavy (non-hydrogen) atoms. The lowest BCUT2D eigenvalue weighted by Crippen LogP contribution is -2.34. The molecule has 148 valence electrons. The molecule has 0 N–H and O–H groups in total. The molecule has 1 saturated heterocycles. The van der Waals surface area contributed by atoms with E-state index in [9.17, 15) is 14.4 Å². The Hall–Kier alpha value is -2.75. The van der Waals surface area contributed by atoms with Gasteiger partial charge in [-0.3, -0.25) is 19.3 Å². The summed E-state index contributed by atoms with van der Waals surface area (Å²) < 4.78 is 0. The van der Waals surface area contributed by atoms with E-state index in [1.807, 2.05) is 60.7 Å². The van der Waals surface area contributed by atoms with E-state index in [1.54, 1.807) is 0 Å². The van der Waals surface area contributed by atoms with Crippen LogP contribution < -0.4 is 0 Å². The Morgan fingerprint density at radius 1 is 0.828 bits per heavy atom. The number of carbonyl (C=O) groups is 3. The summed E-state index contributed by atoms with van der Waals surface area (Å²) in [5.74, 6) is -0.119. The minimum absolute atomic E-state index is 0.0217. The lowest BCUT2D eigenvalue weighted by Gasteiger charge is -2.27. The zero-order valence-electron chi connectivity index (χ0n) is 16.4. The van der Waals surface area contributed by atoms with Crippen molar-refractivity contribution in [1.82, 2.24) is 4.90 Å². The Balaban J connectivity index is 1.28. The molecule has 0 radical (unpaired) electrons. The molecule has 2 aromatic carbocycles. The van der Waals surface area contributed by atoms with Crippen molar-refractivity contribution in [3.05, 3.63) is 71.8 Å². The van der Waals surface area contributed by atoms with Gasteiger partial charge in [-0.1, -0.05) is 60.7 Å². The van der Waals surface area contributed by atoms with Crippen molar-refractivity contribution in [2.75, 3.05) is 0 Å². The third-order valence-electron chi connectivity index (χ3n) is 7.21. The second-order valence-electron chi connectivity index (χ2n) is 8.75. The van der Waals surface area contributed by atoms with E-state index in [0.29, 0.717) is 13.0 Å². The van der Waals surface area contributed by atoms with Gasteiger partial charge in [-0.15, -0.1) is 0 Å². The van der Waals surface area contributed by atoms with Crippen LogP contribution in [0.5, 0.6) is 0 Å². The molecule has 0 aromatic heterocycles. The maximum atomic E-state index is 13.1. The molecule has 0 unspecified atom stereocenters. The van der Waals surface area contributed by atoms with Crippen LogP contribution in [0, 0.1) is 29.6 Å². The van der Waals surface area contributed by atoms with Gasteiger partial charge < -0.3 is 0 Å². The zero-order valence-corrected chi connectivity index (χ0v) is 16.4. The highest BCUT2D eigenvalue weighted by atomic mass is 16.2. The van der Waals surface area contributed by atoms with E-state index in [1.165, 1.54) is 10.5 Å². The largest absolute Gasteiger partial charge is 0.299 e. The van der Waals surface area contributed by atoms with E-state index in [2.05, 4.69) is 0 Å². The van der Waals surface area contributed by atoms with Crippen LogP contribution in [0.2, 0.25) is 0 Å². The van der Waals surface area contributed by atoms with Gasteiger partial charge in [0, 0.05) is 12.3 Å². The molecule has 3 aliphatic rings. The van der Waals surface area contributed by atoms with Crippen LogP contribution >= 0.6 is 0 Å². The van der Waals surface area contributed by atoms with Gasteiger partial charge in [-0.25, -0.2) is 0 Å². The maximum Gasteiger partial charge on any atom is 0.233 e. The predicted octanol–water partition coefficient (Wildman–Crippen LogP) is 3.65. The van der Waals surface area contributed by atoms with Crippen molar-refractivity contribution >= 4 is 17.6 Å². The molecule has 2 aliphatic carbocycles. The molecule has 2 aromatic rings. The van der Waals surface area contributed by atoms with Gasteiger partial charge in [0.05, 0.1) is 18.4 Å². The zero-order chi connectivity index (χ0) is 20.0. The van der Waals surface area contributed by atoms with Crippen LogP contribution in [-0.4, -0.2) is 22.5 Å². The van der Waals surface area contributed by atoms with Crippen molar-refractivity contribution in [1.29, 1.82) is 0 Å². The number of aryl methyl sites for hydroxylation is 1. The van der Waals surface area contributed by atoms with Crippen molar-refractivity contribution in [3.63, 3.8) is 0 Å². The van der Waals surface area contributed by atoms with Crippen molar-refractivity contribution in [3.8, 4) is 0 Å². The third-order valence-corrected chi connectivity index (χ3v) is 7.21. The summed E-state index contributed by atoms with van der Waals surface area (Å²) in [7, 11) is 0. The van der Waals surface area contributed by atoms with Crippen LogP contribution in [0.4, 0.5) is 0 Å². The molecular weight excluding hydrogens is 362 g/mol. The first-order valence-corrected chi connectivity index (χ1v) is 10.6. The van der Waals surface area contributed by atoms with Crippen LogP contribution in [0.15, 0.2) is 60.7 Å². The van der Waals surface area contributed by atoms with Crippen LogP contribution in [0.25, 0.3) is 0 Å². The standard InChI is InChI=1S/C25H25NO3/c27-21(12-11-16-7-3-1-4-8-16)19-13-18-14-20(19)23-22(18)24(28)26(25(23)29)15-17-9-5-2-6-10-17/h1-10,18-20,22-23H,11-15H2/t18-,19-,20-,22+,23-/m0/s1. The summed E-state index contributed by atoms with van der Waals surface area (Å²) in [5.41, 5.74) is 2.14. The molecule has 5 rings (SSSR count). The molecule has 1 aliphatic heterocycles. The summed E-state index contributed by atoms with van der Waals surface area (Å²) in [4.78, 5) is 40.5. The van der Waals surface area contributed by atoms with Gasteiger partial charge in [0.15, 0.2) is 0 Å². The first-order valence-electron chi connectivity index (χ1n) is 10.6. The molecular formula is C25H25NO3. The molecule has 4 heteroatoms. The average molecular weight is 387 g/mol. The van der Waals surface area contributed by atoms with Gasteiger partial charge in [-0.2, -0.15) is 0 Å². The predicted molar refractivity (Wildman–Crippen MR) is 108 cm³/mol. The lowest BCUT2D eigenvalue weighted by molar-refractivity contribution is -0.141. The highest BCUT2D eigenvalue weighted by Crippen LogP contribution is 2.59. The number of imide groups is 1. The minimum atomic E-state index is -0.282. The SMILES string of the molecule is O=C(CCc1ccccc1)[C@H]1C[C@H]2C[C@@H]1[C@@H]1C(=O)N(Cc3ccccc3)C(=O)[C@H]21. The average Bonchev–Trinajstić information content (AvgIpc) is 3.41. The molecule has 4 nitrogen and oxygen atoms in total. The highest BCUT2D eigenvalue weighted by molar-refractivity contribution is 6.06. The summed E-state index contributed by atoms with van der Waals surface area (Å²) in [6.45, 7) is 0.345. The number of nitrogens with zero attached hydrogens (tertiary/aromatic N) is 1. The Morgan fingerprint density at radius 2 is 1.45 bits per heavy atom. The van der Waals surface area contributed by atoms with Crippen molar-refractivity contribution in [2.24, 2.45) is 29.6 Å². The van der Waals surface area contributed by atoms with Crippen LogP contribution in [0.1, 0.15) is 30.4 Å². The Labute approximate surface area is 170 Å². The number of ketones is 1. The number of Topliss-reactive ketones (excluding diaryl/α,β-unsaturated/α-hetero) is 1. The third kappa shape index (κ3) is 3.11. The Bertz CT molecular complexity index is 939. The Kier molecular flexibility index (Phi) is 4.57. The quantitative estimate of drug-likeness (QED) is 0.711. The highest BCUT2D eigenvalue weighted by Gasteiger charge is 2.64. The molecule has 2 amide bonds. The summed E-state index contributed by atoms with van der Waals surface area (Å²) in [5, 5.41) is 0. The fraction of sp³-hybridized carbons (Fsp3) is 0.400. The normalized spacial score (nSPS) is 30.1. The minimum Gasteiger partial charge on any atom is -0.299 e. The van der Waals surface area contributed by atoms with Gasteiger partial charge in [0.2, 0.25) is 11.8 Å². The topological polar surface area (TPSA) is 54.5 Å². The van der Waals surface area contributed by atoms with E-state index >= 15 is 0 Å². The Morgan fingerprint density at radius 3 is 2.14 bits per heavy atom. The molecule has 2 saturated carbocycles. The monoisotopic (exact) mass is 387 g/mol. The molecule has 5 atom stereocenters. The van der Waals surface area contributed by atoms with Crippen molar-refractivity contribution in [2.45, 2.75) is 32.2 Å². The maximum absolute atomic E-state index is 13.1. The number of hydrogen-bond donors (Lipinski definition) is 0. The second kappa shape index (κ2) is 7.25. The molecule has 1 heterocycles. The van der Waals surface area contributed by atoms with E-state index in [0.717, 1.165) is 24.8 Å². The smallest absolute Gasteiger partial charge is 0.233 e. The van der Waals surface area contributed by atoms with Gasteiger partial charge in [-0.05, 0) is 42.2 Å². The van der Waals surface area contributed by atoms with Gasteiger partial charge in [0.1, 0.15) is 5.78 Å². The van der Waals surface area contributed by atoms with E-state index in [4.69, 9.17) is 0 Å². The first kappa shape index (κ1) is 18.3. The summed E-state index contributed by atoms with van der Waals surface area (Å²) in [6.07, 6.45) is 2.89. The number of carbonyl (C=O) groups excluding carboxylic acids is 3. The number of likely N-dealkylation sites (tertiary alicyclic amines) is 1. The van der Waals surface area contributed by atoms with Gasteiger partial charge in [0.25, 0.3) is 0 Å². The molecule has 3 fully saturated rings. The first-order chi connectivity index (χ1) is 14.1. The second-order valence-corrected chi connectivity index (χ2v) is 8.75. The lowest BCUT2D eigenvalue weighted by atomic mass is 9.73. The van der Waals surface area contributed by atoms with Crippen molar-refractivity contribution < 1.29 is 14.4 Å². The fourth-order valence-electron chi connectivity index (χ4n) is 5.91. The number of rotatable bonds is 6. The van der Waals surface area contributed by atoms with E-state index in [-0.39, 0.29) is 47.2 Å². The van der Waals surface area contributed by atoms with Gasteiger partial charge >= 0.3 is 0 Å². The fourth-order valence-corrected chi connectivity index (χ4v) is 5.91. The summed E-state index contributed by atoms with van der Waals surface area (Å²) >= 11 is 0. The molecule has 2 bridgehead atoms. The number of benzene rings is 2. The number of fused-ring (bicyclic) bond motifs is 5. The molecule has 0 spiro atoms. The van der Waals surface area contributed by atoms with E-state index < -0.39 is 0 Å². The summed E-state index contributed by atoms with van der Waals surface area (Å²) in [6, 6.07) is 19.7. The number of hydrogen-bond acceptors (Lipinski definition) is 3.